The van der Waals surface area contributed by atoms with Crippen LogP contribution in [0.1, 0.15) is 21.5 Å². The number of sulfonamides is 1. The molecule has 110 valence electrons. The van der Waals surface area contributed by atoms with Crippen molar-refractivity contribution in [2.75, 3.05) is 26.3 Å². The fourth-order valence-electron chi connectivity index (χ4n) is 2.14. The molecule has 0 aliphatic carbocycles. The Bertz CT molecular complexity index is 632. The average Bonchev–Trinajstić information content (AvgIpc) is 2.42. The van der Waals surface area contributed by atoms with Crippen molar-refractivity contribution in [1.29, 1.82) is 0 Å². The van der Waals surface area contributed by atoms with Crippen molar-refractivity contribution in [2.24, 2.45) is 0 Å². The minimum absolute atomic E-state index is 0.0265. The SMILES string of the molecule is Cc1cc(C(=O)[O-])cc(S(=O)(=O)N2CCOCC2)c1C. The number of carboxylic acids is 1. The maximum absolute atomic E-state index is 12.6. The van der Waals surface area contributed by atoms with Gasteiger partial charge in [0.25, 0.3) is 0 Å². The molecule has 1 aromatic carbocycles. The highest BCUT2D eigenvalue weighted by molar-refractivity contribution is 7.89. The molecule has 0 amide bonds. The number of aromatic carboxylic acids is 1. The molecule has 0 atom stereocenters. The molecule has 20 heavy (non-hydrogen) atoms. The quantitative estimate of drug-likeness (QED) is 0.764. The third-order valence-electron chi connectivity index (χ3n) is 3.44. The summed E-state index contributed by atoms with van der Waals surface area (Å²) in [6.45, 7) is 4.59. The van der Waals surface area contributed by atoms with Crippen LogP contribution in [0.2, 0.25) is 0 Å². The van der Waals surface area contributed by atoms with Crippen molar-refractivity contribution in [3.63, 3.8) is 0 Å². The van der Waals surface area contributed by atoms with Gasteiger partial charge >= 0.3 is 0 Å². The Balaban J connectivity index is 2.52. The molecular formula is C13H16NO5S-. The minimum atomic E-state index is -3.71. The van der Waals surface area contributed by atoms with E-state index in [1.807, 2.05) is 0 Å². The lowest BCUT2D eigenvalue weighted by Gasteiger charge is -2.27. The molecule has 0 aromatic heterocycles. The van der Waals surface area contributed by atoms with Gasteiger partial charge in [0.05, 0.1) is 24.1 Å². The van der Waals surface area contributed by atoms with Crippen molar-refractivity contribution in [3.8, 4) is 0 Å². The van der Waals surface area contributed by atoms with Gasteiger partial charge in [-0.3, -0.25) is 0 Å². The first-order chi connectivity index (χ1) is 9.34. The summed E-state index contributed by atoms with van der Waals surface area (Å²) in [4.78, 5) is 11.0. The van der Waals surface area contributed by atoms with E-state index in [2.05, 4.69) is 0 Å². The summed E-state index contributed by atoms with van der Waals surface area (Å²) in [5, 5.41) is 11.0. The van der Waals surface area contributed by atoms with Crippen LogP contribution in [-0.4, -0.2) is 45.0 Å². The number of morpholine rings is 1. The predicted octanol–water partition coefficient (Wildman–Crippen LogP) is -0.312. The van der Waals surface area contributed by atoms with Crippen molar-refractivity contribution in [2.45, 2.75) is 18.7 Å². The Labute approximate surface area is 118 Å². The van der Waals surface area contributed by atoms with Gasteiger partial charge < -0.3 is 14.6 Å². The smallest absolute Gasteiger partial charge is 0.243 e. The van der Waals surface area contributed by atoms with Crippen LogP contribution in [0.4, 0.5) is 0 Å². The molecule has 0 saturated carbocycles. The second kappa shape index (κ2) is 5.51. The second-order valence-corrected chi connectivity index (χ2v) is 6.63. The Morgan fingerprint density at radius 2 is 1.85 bits per heavy atom. The number of carbonyl (C=O) groups excluding carboxylic acids is 1. The fourth-order valence-corrected chi connectivity index (χ4v) is 3.87. The molecule has 1 aliphatic heterocycles. The van der Waals surface area contributed by atoms with Crippen molar-refractivity contribution < 1.29 is 23.1 Å². The zero-order valence-electron chi connectivity index (χ0n) is 11.4. The van der Waals surface area contributed by atoms with Crippen LogP contribution >= 0.6 is 0 Å². The second-order valence-electron chi connectivity index (χ2n) is 4.72. The van der Waals surface area contributed by atoms with E-state index in [-0.39, 0.29) is 23.5 Å². The Morgan fingerprint density at radius 3 is 2.40 bits per heavy atom. The number of benzene rings is 1. The molecule has 0 spiro atoms. The molecule has 0 radical (unpaired) electrons. The Kier molecular flexibility index (Phi) is 4.12. The molecule has 2 rings (SSSR count). The molecule has 1 heterocycles. The number of carboxylic acid groups (broad SMARTS) is 1. The lowest BCUT2D eigenvalue weighted by atomic mass is 10.1. The Morgan fingerprint density at radius 1 is 1.25 bits per heavy atom. The fraction of sp³-hybridized carbons (Fsp3) is 0.462. The van der Waals surface area contributed by atoms with Gasteiger partial charge in [0.2, 0.25) is 10.0 Å². The monoisotopic (exact) mass is 298 g/mol. The summed E-state index contributed by atoms with van der Waals surface area (Å²) in [7, 11) is -3.71. The molecule has 1 fully saturated rings. The number of hydrogen-bond acceptors (Lipinski definition) is 5. The summed E-state index contributed by atoms with van der Waals surface area (Å²) < 4.78 is 31.6. The topological polar surface area (TPSA) is 86.7 Å². The summed E-state index contributed by atoms with van der Waals surface area (Å²) in [5.74, 6) is -1.38. The van der Waals surface area contributed by atoms with Gasteiger partial charge in [-0.15, -0.1) is 0 Å². The van der Waals surface area contributed by atoms with Crippen molar-refractivity contribution in [3.05, 3.63) is 28.8 Å². The number of rotatable bonds is 3. The number of aryl methyl sites for hydroxylation is 1. The van der Waals surface area contributed by atoms with Crippen LogP contribution in [0.25, 0.3) is 0 Å². The lowest BCUT2D eigenvalue weighted by molar-refractivity contribution is -0.255. The maximum atomic E-state index is 12.6. The van der Waals surface area contributed by atoms with E-state index in [4.69, 9.17) is 4.74 Å². The van der Waals surface area contributed by atoms with Crippen LogP contribution in [0.3, 0.4) is 0 Å². The molecule has 0 bridgehead atoms. The summed E-state index contributed by atoms with van der Waals surface area (Å²) in [6, 6.07) is 2.59. The van der Waals surface area contributed by atoms with Crippen LogP contribution in [0.5, 0.6) is 0 Å². The van der Waals surface area contributed by atoms with Crippen LogP contribution in [-0.2, 0) is 14.8 Å². The first kappa shape index (κ1) is 15.0. The minimum Gasteiger partial charge on any atom is -0.545 e. The molecular weight excluding hydrogens is 282 g/mol. The summed E-state index contributed by atoms with van der Waals surface area (Å²) in [6.07, 6.45) is 0. The van der Waals surface area contributed by atoms with Crippen molar-refractivity contribution in [1.82, 2.24) is 4.31 Å². The molecule has 1 saturated heterocycles. The Hall–Kier alpha value is -1.44. The van der Waals surface area contributed by atoms with E-state index in [0.29, 0.717) is 24.3 Å². The molecule has 6 nitrogen and oxygen atoms in total. The molecule has 0 unspecified atom stereocenters. The van der Waals surface area contributed by atoms with Crippen LogP contribution in [0, 0.1) is 13.8 Å². The van der Waals surface area contributed by atoms with Gasteiger partial charge in [0, 0.05) is 13.1 Å². The van der Waals surface area contributed by atoms with Crippen molar-refractivity contribution >= 4 is 16.0 Å². The van der Waals surface area contributed by atoms with Gasteiger partial charge in [0.1, 0.15) is 0 Å². The number of ether oxygens (including phenoxy) is 1. The highest BCUT2D eigenvalue weighted by Gasteiger charge is 2.28. The summed E-state index contributed by atoms with van der Waals surface area (Å²) >= 11 is 0. The largest absolute Gasteiger partial charge is 0.545 e. The van der Waals surface area contributed by atoms with E-state index >= 15 is 0 Å². The number of nitrogens with zero attached hydrogens (tertiary/aromatic N) is 1. The zero-order chi connectivity index (χ0) is 14.9. The van der Waals surface area contributed by atoms with E-state index in [0.717, 1.165) is 0 Å². The van der Waals surface area contributed by atoms with E-state index in [1.165, 1.54) is 16.4 Å². The zero-order valence-corrected chi connectivity index (χ0v) is 12.2. The van der Waals surface area contributed by atoms with E-state index in [1.54, 1.807) is 13.8 Å². The van der Waals surface area contributed by atoms with Gasteiger partial charge in [0.15, 0.2) is 0 Å². The lowest BCUT2D eigenvalue weighted by Crippen LogP contribution is -2.41. The molecule has 1 aliphatic rings. The highest BCUT2D eigenvalue weighted by atomic mass is 32.2. The number of hydrogen-bond donors (Lipinski definition) is 0. The third-order valence-corrected chi connectivity index (χ3v) is 5.47. The van der Waals surface area contributed by atoms with Crippen LogP contribution < -0.4 is 5.11 Å². The van der Waals surface area contributed by atoms with E-state index in [9.17, 15) is 18.3 Å². The van der Waals surface area contributed by atoms with Gasteiger partial charge in [-0.2, -0.15) is 4.31 Å². The van der Waals surface area contributed by atoms with Gasteiger partial charge in [-0.25, -0.2) is 8.42 Å². The molecule has 0 N–H and O–H groups in total. The third kappa shape index (κ3) is 2.70. The molecule has 7 heteroatoms. The average molecular weight is 298 g/mol. The van der Waals surface area contributed by atoms with Crippen LogP contribution in [0.15, 0.2) is 17.0 Å². The maximum Gasteiger partial charge on any atom is 0.243 e. The number of carbonyl (C=O) groups is 1. The normalized spacial score (nSPS) is 17.1. The standard InChI is InChI=1S/C13H17NO5S/c1-9-7-11(13(15)16)8-12(10(9)2)20(17,18)14-3-5-19-6-4-14/h7-8H,3-6H2,1-2H3,(H,15,16)/p-1. The van der Waals surface area contributed by atoms with E-state index < -0.39 is 16.0 Å². The first-order valence-corrected chi connectivity index (χ1v) is 7.68. The van der Waals surface area contributed by atoms with Gasteiger partial charge in [-0.1, -0.05) is 0 Å². The first-order valence-electron chi connectivity index (χ1n) is 6.24. The predicted molar refractivity (Wildman–Crippen MR) is 69.8 cm³/mol. The van der Waals surface area contributed by atoms with Gasteiger partial charge in [-0.05, 0) is 42.7 Å². The molecule has 1 aromatic rings. The highest BCUT2D eigenvalue weighted by Crippen LogP contribution is 2.24. The summed E-state index contributed by atoms with van der Waals surface area (Å²) in [5.41, 5.74) is 1.04.